The van der Waals surface area contributed by atoms with Gasteiger partial charge in [0.15, 0.2) is 17.3 Å². The molecule has 0 aliphatic carbocycles. The van der Waals surface area contributed by atoms with Gasteiger partial charge in [0.1, 0.15) is 0 Å². The van der Waals surface area contributed by atoms with Gasteiger partial charge in [0.2, 0.25) is 0 Å². The summed E-state index contributed by atoms with van der Waals surface area (Å²) in [5.74, 6) is 0.727. The van der Waals surface area contributed by atoms with E-state index >= 15 is 0 Å². The van der Waals surface area contributed by atoms with Gasteiger partial charge in [-0.25, -0.2) is 0 Å². The van der Waals surface area contributed by atoms with Gasteiger partial charge in [0.05, 0.1) is 27.2 Å². The molecule has 1 unspecified atom stereocenters. The second-order valence-corrected chi connectivity index (χ2v) is 6.06. The first-order valence-corrected chi connectivity index (χ1v) is 8.90. The number of ether oxygens (including phenoxy) is 3. The highest BCUT2D eigenvalue weighted by atomic mass is 16.5. The predicted molar refractivity (Wildman–Crippen MR) is 97.7 cm³/mol. The number of hydrogen-bond donors (Lipinski definition) is 0. The van der Waals surface area contributed by atoms with Crippen molar-refractivity contribution in [2.45, 2.75) is 58.8 Å². The molecule has 0 spiro atoms. The second kappa shape index (κ2) is 10.7. The van der Waals surface area contributed by atoms with Crippen molar-refractivity contribution in [3.63, 3.8) is 0 Å². The minimum atomic E-state index is -0.238. The zero-order chi connectivity index (χ0) is 18.8. The molecule has 1 rings (SSSR count). The summed E-state index contributed by atoms with van der Waals surface area (Å²) in [7, 11) is 3.12. The molecule has 0 saturated heterocycles. The fourth-order valence-corrected chi connectivity index (χ4v) is 2.93. The first-order valence-electron chi connectivity index (χ1n) is 8.90. The van der Waals surface area contributed by atoms with E-state index in [1.807, 2.05) is 6.07 Å². The van der Waals surface area contributed by atoms with Crippen molar-refractivity contribution in [1.82, 2.24) is 0 Å². The highest BCUT2D eigenvalue weighted by molar-refractivity contribution is 5.95. The van der Waals surface area contributed by atoms with Gasteiger partial charge in [-0.2, -0.15) is 0 Å². The lowest BCUT2D eigenvalue weighted by molar-refractivity contribution is -0.143. The number of Topliss-reactive ketones (excluding diaryl/α,β-unsaturated/α-hetero) is 1. The molecule has 0 fully saturated rings. The SMILES string of the molecule is CCCCCC(CC(=O)OCC)c1cc(C(C)=O)cc(OC)c1OC. The van der Waals surface area contributed by atoms with Crippen molar-refractivity contribution >= 4 is 11.8 Å². The van der Waals surface area contributed by atoms with Crippen molar-refractivity contribution < 1.29 is 23.8 Å². The van der Waals surface area contributed by atoms with Crippen molar-refractivity contribution in [2.75, 3.05) is 20.8 Å². The summed E-state index contributed by atoms with van der Waals surface area (Å²) < 4.78 is 16.1. The third-order valence-corrected chi connectivity index (χ3v) is 4.23. The van der Waals surface area contributed by atoms with Crippen LogP contribution >= 0.6 is 0 Å². The number of hydrogen-bond acceptors (Lipinski definition) is 5. The monoisotopic (exact) mass is 350 g/mol. The van der Waals surface area contributed by atoms with Crippen molar-refractivity contribution in [1.29, 1.82) is 0 Å². The van der Waals surface area contributed by atoms with Crippen LogP contribution in [-0.2, 0) is 9.53 Å². The maximum atomic E-state index is 12.1. The molecule has 0 bridgehead atoms. The van der Waals surface area contributed by atoms with Crippen molar-refractivity contribution in [3.05, 3.63) is 23.3 Å². The van der Waals surface area contributed by atoms with Crippen LogP contribution in [0.1, 0.15) is 74.7 Å². The number of rotatable bonds is 11. The number of benzene rings is 1. The minimum Gasteiger partial charge on any atom is -0.493 e. The molecule has 5 heteroatoms. The molecule has 25 heavy (non-hydrogen) atoms. The fraction of sp³-hybridized carbons (Fsp3) is 0.600. The second-order valence-electron chi connectivity index (χ2n) is 6.06. The summed E-state index contributed by atoms with van der Waals surface area (Å²) in [6.45, 7) is 5.81. The Hall–Kier alpha value is -2.04. The molecule has 1 aromatic rings. The van der Waals surface area contributed by atoms with Gasteiger partial charge in [-0.05, 0) is 38.3 Å². The molecule has 0 heterocycles. The number of unbranched alkanes of at least 4 members (excludes halogenated alkanes) is 2. The van der Waals surface area contributed by atoms with E-state index in [9.17, 15) is 9.59 Å². The Morgan fingerprint density at radius 2 is 1.80 bits per heavy atom. The standard InChI is InChI=1S/C20H30O5/c1-6-8-9-10-15(13-19(22)25-7-2)17-11-16(14(3)21)12-18(23-4)20(17)24-5/h11-12,15H,6-10,13H2,1-5H3. The quantitative estimate of drug-likeness (QED) is 0.333. The number of esters is 1. The van der Waals surface area contributed by atoms with E-state index in [2.05, 4.69) is 6.92 Å². The molecule has 5 nitrogen and oxygen atoms in total. The molecule has 0 aromatic heterocycles. The topological polar surface area (TPSA) is 61.8 Å². The lowest BCUT2D eigenvalue weighted by Gasteiger charge is -2.22. The summed E-state index contributed by atoms with van der Waals surface area (Å²) in [4.78, 5) is 24.0. The Bertz CT molecular complexity index is 580. The maximum absolute atomic E-state index is 12.1. The van der Waals surface area contributed by atoms with Gasteiger partial charge in [0.25, 0.3) is 0 Å². The third kappa shape index (κ3) is 6.07. The van der Waals surface area contributed by atoms with Crippen LogP contribution in [0.3, 0.4) is 0 Å². The molecule has 1 aromatic carbocycles. The lowest BCUT2D eigenvalue weighted by Crippen LogP contribution is -2.13. The molecular formula is C20H30O5. The van der Waals surface area contributed by atoms with Crippen LogP contribution in [0.4, 0.5) is 0 Å². The van der Waals surface area contributed by atoms with E-state index in [1.165, 1.54) is 6.92 Å². The summed E-state index contributed by atoms with van der Waals surface area (Å²) in [6, 6.07) is 3.50. The van der Waals surface area contributed by atoms with E-state index < -0.39 is 0 Å². The van der Waals surface area contributed by atoms with E-state index in [1.54, 1.807) is 27.2 Å². The van der Waals surface area contributed by atoms with Crippen LogP contribution in [0.5, 0.6) is 11.5 Å². The van der Waals surface area contributed by atoms with Gasteiger partial charge in [-0.3, -0.25) is 9.59 Å². The Balaban J connectivity index is 3.30. The molecule has 1 atom stereocenters. The molecule has 0 aliphatic heterocycles. The smallest absolute Gasteiger partial charge is 0.306 e. The summed E-state index contributed by atoms with van der Waals surface area (Å²) >= 11 is 0. The molecule has 140 valence electrons. The molecule has 0 radical (unpaired) electrons. The van der Waals surface area contributed by atoms with E-state index in [4.69, 9.17) is 14.2 Å². The largest absolute Gasteiger partial charge is 0.493 e. The first kappa shape index (κ1) is 21.0. The average Bonchev–Trinajstić information content (AvgIpc) is 2.59. The van der Waals surface area contributed by atoms with Crippen LogP contribution in [0.2, 0.25) is 0 Å². The maximum Gasteiger partial charge on any atom is 0.306 e. The number of ketones is 1. The van der Waals surface area contributed by atoms with E-state index in [0.717, 1.165) is 31.2 Å². The van der Waals surface area contributed by atoms with Gasteiger partial charge >= 0.3 is 5.97 Å². The van der Waals surface area contributed by atoms with Crippen molar-refractivity contribution in [3.8, 4) is 11.5 Å². The summed E-state index contributed by atoms with van der Waals surface area (Å²) in [5, 5.41) is 0. The van der Waals surface area contributed by atoms with Gasteiger partial charge in [0, 0.05) is 11.1 Å². The average molecular weight is 350 g/mol. The molecule has 0 amide bonds. The zero-order valence-corrected chi connectivity index (χ0v) is 16.0. The molecule has 0 saturated carbocycles. The zero-order valence-electron chi connectivity index (χ0n) is 16.0. The van der Waals surface area contributed by atoms with Crippen LogP contribution in [-0.4, -0.2) is 32.6 Å². The highest BCUT2D eigenvalue weighted by Crippen LogP contribution is 2.40. The Kier molecular flexibility index (Phi) is 9.03. The predicted octanol–water partition coefficient (Wildman–Crippen LogP) is 4.52. The fourth-order valence-electron chi connectivity index (χ4n) is 2.93. The van der Waals surface area contributed by atoms with Gasteiger partial charge in [-0.1, -0.05) is 26.2 Å². The van der Waals surface area contributed by atoms with Crippen LogP contribution in [0.15, 0.2) is 12.1 Å². The minimum absolute atomic E-state index is 0.0503. The molecule has 0 aliphatic rings. The Labute approximate surface area is 150 Å². The summed E-state index contributed by atoms with van der Waals surface area (Å²) in [6.07, 6.45) is 4.27. The molecule has 0 N–H and O–H groups in total. The normalized spacial score (nSPS) is 11.7. The Morgan fingerprint density at radius 1 is 1.08 bits per heavy atom. The first-order chi connectivity index (χ1) is 12.0. The Morgan fingerprint density at radius 3 is 2.32 bits per heavy atom. The number of methoxy groups -OCH3 is 2. The van der Waals surface area contributed by atoms with Crippen LogP contribution < -0.4 is 9.47 Å². The van der Waals surface area contributed by atoms with E-state index in [0.29, 0.717) is 23.7 Å². The number of carbonyl (C=O) groups is 2. The lowest BCUT2D eigenvalue weighted by atomic mass is 9.88. The van der Waals surface area contributed by atoms with Gasteiger partial charge < -0.3 is 14.2 Å². The van der Waals surface area contributed by atoms with Crippen LogP contribution in [0.25, 0.3) is 0 Å². The molecular weight excluding hydrogens is 320 g/mol. The van der Waals surface area contributed by atoms with E-state index in [-0.39, 0.29) is 24.1 Å². The highest BCUT2D eigenvalue weighted by Gasteiger charge is 2.24. The van der Waals surface area contributed by atoms with Crippen molar-refractivity contribution in [2.24, 2.45) is 0 Å². The van der Waals surface area contributed by atoms with Crippen LogP contribution in [0, 0.1) is 0 Å². The van der Waals surface area contributed by atoms with Gasteiger partial charge in [-0.15, -0.1) is 0 Å². The third-order valence-electron chi connectivity index (χ3n) is 4.23. The number of carbonyl (C=O) groups excluding carboxylic acids is 2. The summed E-state index contributed by atoms with van der Waals surface area (Å²) in [5.41, 5.74) is 1.38.